The first-order valence-electron chi connectivity index (χ1n) is 8.67. The molecule has 1 aliphatic rings. The highest BCUT2D eigenvalue weighted by atomic mass is 32.1. The van der Waals surface area contributed by atoms with Crippen LogP contribution >= 0.6 is 22.7 Å². The molecule has 0 fully saturated rings. The third-order valence-electron chi connectivity index (χ3n) is 5.47. The molecule has 4 aromatic rings. The van der Waals surface area contributed by atoms with Crippen LogP contribution in [0.2, 0.25) is 0 Å². The molecule has 122 valence electrons. The van der Waals surface area contributed by atoms with Gasteiger partial charge < -0.3 is 0 Å². The topological polar surface area (TPSA) is 0 Å². The van der Waals surface area contributed by atoms with E-state index in [1.165, 1.54) is 37.6 Å². The molecule has 0 atom stereocenters. The zero-order valence-electron chi connectivity index (χ0n) is 14.0. The summed E-state index contributed by atoms with van der Waals surface area (Å²) in [4.78, 5) is 2.94. The number of rotatable bonds is 3. The number of hydrogen-bond donors (Lipinski definition) is 0. The summed E-state index contributed by atoms with van der Waals surface area (Å²) < 4.78 is 0. The van der Waals surface area contributed by atoms with Crippen LogP contribution in [0.5, 0.6) is 0 Å². The van der Waals surface area contributed by atoms with E-state index in [-0.39, 0.29) is 5.41 Å². The van der Waals surface area contributed by atoms with E-state index in [9.17, 15) is 0 Å². The molecular formula is C23H18S2. The Hall–Kier alpha value is -2.16. The first kappa shape index (κ1) is 15.1. The maximum atomic E-state index is 2.33. The van der Waals surface area contributed by atoms with Gasteiger partial charge in [-0.15, -0.1) is 22.7 Å². The molecule has 0 bridgehead atoms. The van der Waals surface area contributed by atoms with Crippen LogP contribution in [0.4, 0.5) is 0 Å². The SMILES string of the molecule is CCC1(c2ccc(-c3ccccc3)cc2)c2ccsc2-c2sccc21. The maximum Gasteiger partial charge on any atom is 0.0490 e. The molecule has 0 aliphatic heterocycles. The van der Waals surface area contributed by atoms with Crippen LogP contribution in [-0.4, -0.2) is 0 Å². The van der Waals surface area contributed by atoms with Gasteiger partial charge in [-0.2, -0.15) is 0 Å². The summed E-state index contributed by atoms with van der Waals surface area (Å²) in [7, 11) is 0. The molecule has 1 aliphatic carbocycles. The van der Waals surface area contributed by atoms with Gasteiger partial charge in [-0.1, -0.05) is 61.5 Å². The molecule has 0 radical (unpaired) electrons. The first-order chi connectivity index (χ1) is 12.3. The van der Waals surface area contributed by atoms with Gasteiger partial charge in [-0.3, -0.25) is 0 Å². The molecule has 2 aromatic carbocycles. The Kier molecular flexibility index (Phi) is 3.44. The van der Waals surface area contributed by atoms with E-state index >= 15 is 0 Å². The molecule has 0 nitrogen and oxygen atoms in total. The van der Waals surface area contributed by atoms with E-state index in [0.29, 0.717) is 0 Å². The summed E-state index contributed by atoms with van der Waals surface area (Å²) in [5.74, 6) is 0. The second-order valence-corrected chi connectivity index (χ2v) is 8.36. The Morgan fingerprint density at radius 3 is 1.80 bits per heavy atom. The Labute approximate surface area is 156 Å². The molecule has 0 unspecified atom stereocenters. The van der Waals surface area contributed by atoms with E-state index in [1.807, 2.05) is 22.7 Å². The Morgan fingerprint density at radius 2 is 1.24 bits per heavy atom. The van der Waals surface area contributed by atoms with Gasteiger partial charge in [-0.25, -0.2) is 0 Å². The maximum absolute atomic E-state index is 2.33. The zero-order chi connectivity index (χ0) is 16.9. The van der Waals surface area contributed by atoms with Crippen molar-refractivity contribution in [1.29, 1.82) is 0 Å². The lowest BCUT2D eigenvalue weighted by Gasteiger charge is -2.30. The van der Waals surface area contributed by atoms with Crippen molar-refractivity contribution in [2.24, 2.45) is 0 Å². The number of hydrogen-bond acceptors (Lipinski definition) is 2. The lowest BCUT2D eigenvalue weighted by Crippen LogP contribution is -2.25. The average molecular weight is 359 g/mol. The second-order valence-electron chi connectivity index (χ2n) is 6.53. The number of benzene rings is 2. The smallest absolute Gasteiger partial charge is 0.0490 e. The molecule has 2 heteroatoms. The third-order valence-corrected chi connectivity index (χ3v) is 7.46. The van der Waals surface area contributed by atoms with Crippen molar-refractivity contribution >= 4 is 22.7 Å². The van der Waals surface area contributed by atoms with Crippen molar-refractivity contribution in [2.75, 3.05) is 0 Å². The number of fused-ring (bicyclic) bond motifs is 3. The van der Waals surface area contributed by atoms with E-state index in [2.05, 4.69) is 84.4 Å². The summed E-state index contributed by atoms with van der Waals surface area (Å²) in [6.45, 7) is 2.32. The monoisotopic (exact) mass is 358 g/mol. The van der Waals surface area contributed by atoms with Crippen molar-refractivity contribution in [2.45, 2.75) is 18.8 Å². The van der Waals surface area contributed by atoms with Crippen LogP contribution in [-0.2, 0) is 5.41 Å². The van der Waals surface area contributed by atoms with Gasteiger partial charge >= 0.3 is 0 Å². The van der Waals surface area contributed by atoms with Gasteiger partial charge in [0.05, 0.1) is 0 Å². The normalized spacial score (nSPS) is 14.3. The molecule has 0 N–H and O–H groups in total. The molecule has 2 aromatic heterocycles. The Balaban J connectivity index is 1.67. The Bertz CT molecular complexity index is 979. The fourth-order valence-corrected chi connectivity index (χ4v) is 6.40. The van der Waals surface area contributed by atoms with Gasteiger partial charge in [0.1, 0.15) is 0 Å². The predicted molar refractivity (Wildman–Crippen MR) is 110 cm³/mol. The minimum Gasteiger partial charge on any atom is -0.143 e. The predicted octanol–water partition coefficient (Wildman–Crippen LogP) is 7.20. The van der Waals surface area contributed by atoms with Crippen LogP contribution in [0, 0.1) is 0 Å². The van der Waals surface area contributed by atoms with E-state index in [0.717, 1.165) is 6.42 Å². The fourth-order valence-electron chi connectivity index (χ4n) is 4.26. The van der Waals surface area contributed by atoms with Crippen molar-refractivity contribution < 1.29 is 0 Å². The summed E-state index contributed by atoms with van der Waals surface area (Å²) in [6, 6.07) is 24.5. The first-order valence-corrected chi connectivity index (χ1v) is 10.4. The second kappa shape index (κ2) is 5.69. The van der Waals surface area contributed by atoms with Crippen molar-refractivity contribution in [1.82, 2.24) is 0 Å². The van der Waals surface area contributed by atoms with Crippen LogP contribution < -0.4 is 0 Å². The van der Waals surface area contributed by atoms with Crippen molar-refractivity contribution in [3.63, 3.8) is 0 Å². The molecule has 0 amide bonds. The summed E-state index contributed by atoms with van der Waals surface area (Å²) in [6.07, 6.45) is 1.09. The van der Waals surface area contributed by atoms with E-state index < -0.39 is 0 Å². The molecular weight excluding hydrogens is 340 g/mol. The lowest BCUT2D eigenvalue weighted by molar-refractivity contribution is 0.612. The van der Waals surface area contributed by atoms with Gasteiger partial charge in [0.25, 0.3) is 0 Å². The molecule has 0 saturated carbocycles. The quantitative estimate of drug-likeness (QED) is 0.363. The highest BCUT2D eigenvalue weighted by Gasteiger charge is 2.44. The van der Waals surface area contributed by atoms with Crippen molar-refractivity contribution in [3.05, 3.63) is 94.2 Å². The third kappa shape index (κ3) is 2.04. The minimum atomic E-state index is 0.0138. The standard InChI is InChI=1S/C23H18S2/c1-2-23(19-12-14-24-21(19)22-20(23)13-15-25-22)18-10-8-17(9-11-18)16-6-4-3-5-7-16/h3-15H,2H2,1H3. The van der Waals surface area contributed by atoms with Crippen molar-refractivity contribution in [3.8, 4) is 20.9 Å². The van der Waals surface area contributed by atoms with Crippen LogP contribution in [0.25, 0.3) is 20.9 Å². The zero-order valence-corrected chi connectivity index (χ0v) is 15.7. The average Bonchev–Trinajstić information content (AvgIpc) is 3.37. The Morgan fingerprint density at radius 1 is 0.680 bits per heavy atom. The summed E-state index contributed by atoms with van der Waals surface area (Å²) in [5.41, 5.74) is 6.97. The molecule has 25 heavy (non-hydrogen) atoms. The van der Waals surface area contributed by atoms with Crippen LogP contribution in [0.3, 0.4) is 0 Å². The minimum absolute atomic E-state index is 0.0138. The van der Waals surface area contributed by atoms with Gasteiger partial charge in [0, 0.05) is 15.2 Å². The summed E-state index contributed by atoms with van der Waals surface area (Å²) >= 11 is 3.76. The lowest BCUT2D eigenvalue weighted by atomic mass is 9.71. The highest BCUT2D eigenvalue weighted by Crippen LogP contribution is 2.58. The van der Waals surface area contributed by atoms with E-state index in [1.54, 1.807) is 0 Å². The molecule has 2 heterocycles. The summed E-state index contributed by atoms with van der Waals surface area (Å²) in [5, 5.41) is 4.49. The highest BCUT2D eigenvalue weighted by molar-refractivity contribution is 7.21. The van der Waals surface area contributed by atoms with Crippen LogP contribution in [0.15, 0.2) is 77.5 Å². The number of thiophene rings is 2. The largest absolute Gasteiger partial charge is 0.143 e. The fraction of sp³-hybridized carbons (Fsp3) is 0.130. The van der Waals surface area contributed by atoms with Crippen LogP contribution in [0.1, 0.15) is 30.0 Å². The van der Waals surface area contributed by atoms with Gasteiger partial charge in [0.2, 0.25) is 0 Å². The molecule has 0 spiro atoms. The van der Waals surface area contributed by atoms with Gasteiger partial charge in [0.15, 0.2) is 0 Å². The van der Waals surface area contributed by atoms with Gasteiger partial charge in [-0.05, 0) is 57.1 Å². The molecule has 5 rings (SSSR count). The molecule has 0 saturated heterocycles. The van der Waals surface area contributed by atoms with E-state index in [4.69, 9.17) is 0 Å².